The number of nitrogens with zero attached hydrogens (tertiary/aromatic N) is 1. The highest BCUT2D eigenvalue weighted by molar-refractivity contribution is 5.92. The Bertz CT molecular complexity index is 901. The third-order valence-electron chi connectivity index (χ3n) is 3.61. The number of rotatable bonds is 5. The molecule has 0 aromatic heterocycles. The van der Waals surface area contributed by atoms with Crippen LogP contribution in [0.2, 0.25) is 0 Å². The minimum atomic E-state index is -0.504. The first kappa shape index (κ1) is 17.4. The zero-order valence-electron chi connectivity index (χ0n) is 14.1. The lowest BCUT2D eigenvalue weighted by Gasteiger charge is -2.04. The van der Waals surface area contributed by atoms with Crippen molar-refractivity contribution >= 4 is 17.9 Å². The first-order valence-corrected chi connectivity index (χ1v) is 7.90. The number of hydrogen-bond donors (Lipinski definition) is 0. The highest BCUT2D eigenvalue weighted by Crippen LogP contribution is 2.18. The normalized spacial score (nSPS) is 10.7. The van der Waals surface area contributed by atoms with E-state index in [-0.39, 0.29) is 5.82 Å². The molecule has 0 unspecified atom stereocenters. The third-order valence-corrected chi connectivity index (χ3v) is 3.61. The van der Waals surface area contributed by atoms with E-state index in [1.807, 2.05) is 24.3 Å². The summed E-state index contributed by atoms with van der Waals surface area (Å²) in [4.78, 5) is 16.5. The Morgan fingerprint density at radius 1 is 0.885 bits per heavy atom. The van der Waals surface area contributed by atoms with Gasteiger partial charge >= 0.3 is 5.97 Å². The van der Waals surface area contributed by atoms with Gasteiger partial charge in [-0.25, -0.2) is 9.18 Å². The fourth-order valence-electron chi connectivity index (χ4n) is 2.19. The molecule has 0 atom stereocenters. The second kappa shape index (κ2) is 8.07. The Morgan fingerprint density at radius 3 is 2.12 bits per heavy atom. The number of ether oxygens (including phenoxy) is 2. The number of carbonyl (C=O) groups is 1. The van der Waals surface area contributed by atoms with Gasteiger partial charge in [-0.2, -0.15) is 0 Å². The largest absolute Gasteiger partial charge is 0.497 e. The van der Waals surface area contributed by atoms with Crippen molar-refractivity contribution in [2.24, 2.45) is 4.99 Å². The predicted octanol–water partition coefficient (Wildman–Crippen LogP) is 4.80. The van der Waals surface area contributed by atoms with E-state index in [9.17, 15) is 9.18 Å². The fourth-order valence-corrected chi connectivity index (χ4v) is 2.19. The zero-order chi connectivity index (χ0) is 18.4. The summed E-state index contributed by atoms with van der Waals surface area (Å²) in [5.74, 6) is 0.176. The van der Waals surface area contributed by atoms with Crippen molar-refractivity contribution in [1.29, 1.82) is 0 Å². The number of hydrogen-bond acceptors (Lipinski definition) is 4. The Hall–Kier alpha value is -3.47. The second-order valence-corrected chi connectivity index (χ2v) is 5.42. The van der Waals surface area contributed by atoms with Crippen molar-refractivity contribution in [3.05, 3.63) is 89.7 Å². The molecule has 3 rings (SSSR count). The molecule has 0 spiro atoms. The molecule has 26 heavy (non-hydrogen) atoms. The highest BCUT2D eigenvalue weighted by atomic mass is 19.1. The van der Waals surface area contributed by atoms with E-state index in [0.717, 1.165) is 17.0 Å². The first-order chi connectivity index (χ1) is 12.6. The van der Waals surface area contributed by atoms with E-state index in [2.05, 4.69) is 4.99 Å². The molecule has 0 aliphatic rings. The van der Waals surface area contributed by atoms with E-state index in [4.69, 9.17) is 9.47 Å². The number of esters is 1. The molecule has 4 nitrogen and oxygen atoms in total. The summed E-state index contributed by atoms with van der Waals surface area (Å²) in [5.41, 5.74) is 2.04. The van der Waals surface area contributed by atoms with Crippen LogP contribution < -0.4 is 9.47 Å². The fraction of sp³-hybridized carbons (Fsp3) is 0.0476. The Morgan fingerprint density at radius 2 is 1.50 bits per heavy atom. The van der Waals surface area contributed by atoms with Gasteiger partial charge in [-0.05, 0) is 66.2 Å². The average molecular weight is 349 g/mol. The number of benzene rings is 3. The van der Waals surface area contributed by atoms with E-state index in [1.54, 1.807) is 37.6 Å². The minimum absolute atomic E-state index is 0.293. The van der Waals surface area contributed by atoms with E-state index < -0.39 is 5.97 Å². The van der Waals surface area contributed by atoms with Gasteiger partial charge in [0.15, 0.2) is 0 Å². The molecule has 0 aliphatic heterocycles. The van der Waals surface area contributed by atoms with Gasteiger partial charge in [-0.15, -0.1) is 0 Å². The van der Waals surface area contributed by atoms with Gasteiger partial charge in [0, 0.05) is 6.21 Å². The van der Waals surface area contributed by atoms with Crippen LogP contribution in [0.15, 0.2) is 77.8 Å². The molecular weight excluding hydrogens is 333 g/mol. The lowest BCUT2D eigenvalue weighted by Crippen LogP contribution is -2.08. The summed E-state index contributed by atoms with van der Waals surface area (Å²) < 4.78 is 23.2. The van der Waals surface area contributed by atoms with Gasteiger partial charge in [0.2, 0.25) is 0 Å². The van der Waals surface area contributed by atoms with Crippen LogP contribution in [0.4, 0.5) is 10.1 Å². The van der Waals surface area contributed by atoms with Crippen molar-refractivity contribution in [1.82, 2.24) is 0 Å². The minimum Gasteiger partial charge on any atom is -0.497 e. The van der Waals surface area contributed by atoms with Gasteiger partial charge in [0.25, 0.3) is 0 Å². The molecule has 0 saturated heterocycles. The molecule has 3 aromatic carbocycles. The SMILES string of the molecule is COc1ccc(N=Cc2ccc(C(=O)Oc3ccc(F)cc3)cc2)cc1. The van der Waals surface area contributed by atoms with Crippen molar-refractivity contribution < 1.29 is 18.7 Å². The number of aliphatic imine (C=N–C) groups is 1. The standard InChI is InChI=1S/C21H16FNO3/c1-25-19-12-8-18(9-13-19)23-14-15-2-4-16(5-3-15)21(24)26-20-10-6-17(22)7-11-20/h2-14H,1H3. The molecule has 0 N–H and O–H groups in total. The van der Waals surface area contributed by atoms with Crippen LogP contribution in [0, 0.1) is 5.82 Å². The maximum Gasteiger partial charge on any atom is 0.343 e. The smallest absolute Gasteiger partial charge is 0.343 e. The van der Waals surface area contributed by atoms with Crippen LogP contribution in [0.25, 0.3) is 0 Å². The van der Waals surface area contributed by atoms with Gasteiger partial charge in [-0.1, -0.05) is 12.1 Å². The molecule has 0 fully saturated rings. The summed E-state index contributed by atoms with van der Waals surface area (Å²) in [6, 6.07) is 19.5. The van der Waals surface area contributed by atoms with Crippen molar-refractivity contribution in [3.63, 3.8) is 0 Å². The Labute approximate surface area is 150 Å². The third kappa shape index (κ3) is 4.54. The molecule has 0 amide bonds. The van der Waals surface area contributed by atoms with Gasteiger partial charge in [0.05, 0.1) is 18.4 Å². The molecular formula is C21H16FNO3. The topological polar surface area (TPSA) is 47.9 Å². The summed E-state index contributed by atoms with van der Waals surface area (Å²) in [5, 5.41) is 0. The molecule has 0 heterocycles. The molecule has 0 saturated carbocycles. The lowest BCUT2D eigenvalue weighted by molar-refractivity contribution is 0.0734. The summed E-state index contributed by atoms with van der Waals surface area (Å²) in [6.07, 6.45) is 1.71. The Balaban J connectivity index is 1.64. The molecule has 0 bridgehead atoms. The summed E-state index contributed by atoms with van der Waals surface area (Å²) >= 11 is 0. The van der Waals surface area contributed by atoms with E-state index in [1.165, 1.54) is 24.3 Å². The zero-order valence-corrected chi connectivity index (χ0v) is 14.1. The van der Waals surface area contributed by atoms with Gasteiger partial charge in [-0.3, -0.25) is 4.99 Å². The number of carbonyl (C=O) groups excluding carboxylic acids is 1. The molecule has 3 aromatic rings. The second-order valence-electron chi connectivity index (χ2n) is 5.42. The first-order valence-electron chi connectivity index (χ1n) is 7.90. The number of halogens is 1. The van der Waals surface area contributed by atoms with Crippen molar-refractivity contribution in [3.8, 4) is 11.5 Å². The van der Waals surface area contributed by atoms with Gasteiger partial charge in [0.1, 0.15) is 17.3 Å². The maximum absolute atomic E-state index is 12.9. The van der Waals surface area contributed by atoms with Crippen LogP contribution >= 0.6 is 0 Å². The van der Waals surface area contributed by atoms with Gasteiger partial charge < -0.3 is 9.47 Å². The lowest BCUT2D eigenvalue weighted by atomic mass is 10.1. The molecule has 130 valence electrons. The van der Waals surface area contributed by atoms with Crippen LogP contribution in [0.5, 0.6) is 11.5 Å². The highest BCUT2D eigenvalue weighted by Gasteiger charge is 2.08. The Kier molecular flexibility index (Phi) is 5.39. The van der Waals surface area contributed by atoms with Crippen molar-refractivity contribution in [2.75, 3.05) is 7.11 Å². The summed E-state index contributed by atoms with van der Waals surface area (Å²) in [6.45, 7) is 0. The van der Waals surface area contributed by atoms with Crippen LogP contribution in [-0.2, 0) is 0 Å². The van der Waals surface area contributed by atoms with E-state index >= 15 is 0 Å². The van der Waals surface area contributed by atoms with Crippen LogP contribution in [-0.4, -0.2) is 19.3 Å². The van der Waals surface area contributed by atoms with Crippen LogP contribution in [0.3, 0.4) is 0 Å². The monoisotopic (exact) mass is 349 g/mol. The maximum atomic E-state index is 12.9. The number of methoxy groups -OCH3 is 1. The van der Waals surface area contributed by atoms with E-state index in [0.29, 0.717) is 11.3 Å². The van der Waals surface area contributed by atoms with Crippen LogP contribution in [0.1, 0.15) is 15.9 Å². The van der Waals surface area contributed by atoms with Crippen molar-refractivity contribution in [2.45, 2.75) is 0 Å². The average Bonchev–Trinajstić information content (AvgIpc) is 2.69. The summed E-state index contributed by atoms with van der Waals surface area (Å²) in [7, 11) is 1.61. The molecule has 5 heteroatoms. The molecule has 0 aliphatic carbocycles. The quantitative estimate of drug-likeness (QED) is 0.377. The molecule has 0 radical (unpaired) electrons. The predicted molar refractivity (Wildman–Crippen MR) is 98.0 cm³/mol.